The van der Waals surface area contributed by atoms with Crippen molar-refractivity contribution in [3.63, 3.8) is 0 Å². The van der Waals surface area contributed by atoms with Gasteiger partial charge in [0, 0.05) is 50.1 Å². The third-order valence-electron chi connectivity index (χ3n) is 4.38. The zero-order chi connectivity index (χ0) is 18.4. The van der Waals surface area contributed by atoms with E-state index < -0.39 is 0 Å². The van der Waals surface area contributed by atoms with Crippen molar-refractivity contribution in [3.05, 3.63) is 54.5 Å². The molecule has 1 aliphatic heterocycles. The summed E-state index contributed by atoms with van der Waals surface area (Å²) in [5.74, 6) is 0.641. The molecular formula is C20H23N3O3. The van der Waals surface area contributed by atoms with Gasteiger partial charge >= 0.3 is 0 Å². The van der Waals surface area contributed by atoms with Crippen LogP contribution in [-0.4, -0.2) is 42.9 Å². The number of rotatable bonds is 5. The lowest BCUT2D eigenvalue weighted by molar-refractivity contribution is -0.131. The number of amides is 2. The Balaban J connectivity index is 1.52. The molecule has 1 fully saturated rings. The molecule has 0 spiro atoms. The van der Waals surface area contributed by atoms with Gasteiger partial charge in [-0.25, -0.2) is 0 Å². The molecule has 2 amide bonds. The van der Waals surface area contributed by atoms with Gasteiger partial charge in [0.25, 0.3) is 0 Å². The van der Waals surface area contributed by atoms with E-state index in [1.165, 1.54) is 6.08 Å². The average molecular weight is 353 g/mol. The lowest BCUT2D eigenvalue weighted by Gasteiger charge is -2.36. The molecule has 0 aliphatic carbocycles. The minimum Gasteiger partial charge on any atom is -0.465 e. The summed E-state index contributed by atoms with van der Waals surface area (Å²) < 4.78 is 5.15. The Morgan fingerprint density at radius 2 is 1.85 bits per heavy atom. The zero-order valence-electron chi connectivity index (χ0n) is 14.9. The number of nitrogens with zero attached hydrogens (tertiary/aromatic N) is 2. The van der Waals surface area contributed by atoms with E-state index in [1.807, 2.05) is 36.1 Å². The van der Waals surface area contributed by atoms with Crippen LogP contribution in [0.1, 0.15) is 19.1 Å². The van der Waals surface area contributed by atoms with E-state index in [1.54, 1.807) is 24.5 Å². The third kappa shape index (κ3) is 4.53. The fraction of sp³-hybridized carbons (Fsp3) is 0.300. The summed E-state index contributed by atoms with van der Waals surface area (Å²) in [6.07, 6.45) is 5.19. The molecule has 0 radical (unpaired) electrons. The van der Waals surface area contributed by atoms with E-state index in [0.717, 1.165) is 37.6 Å². The van der Waals surface area contributed by atoms with Crippen LogP contribution in [0.25, 0.3) is 6.08 Å². The van der Waals surface area contributed by atoms with Crippen LogP contribution in [0, 0.1) is 0 Å². The van der Waals surface area contributed by atoms with E-state index in [0.29, 0.717) is 12.2 Å². The number of carbonyl (C=O) groups excluding carboxylic acids is 2. The maximum atomic E-state index is 11.9. The highest BCUT2D eigenvalue weighted by molar-refractivity contribution is 6.01. The van der Waals surface area contributed by atoms with Crippen molar-refractivity contribution in [2.75, 3.05) is 36.4 Å². The van der Waals surface area contributed by atoms with Crippen molar-refractivity contribution in [2.45, 2.75) is 13.3 Å². The second kappa shape index (κ2) is 8.38. The normalized spacial score (nSPS) is 14.7. The van der Waals surface area contributed by atoms with Crippen LogP contribution in [0.15, 0.2) is 53.2 Å². The second-order valence-electron chi connectivity index (χ2n) is 6.11. The van der Waals surface area contributed by atoms with E-state index in [9.17, 15) is 9.59 Å². The molecular weight excluding hydrogens is 330 g/mol. The van der Waals surface area contributed by atoms with Crippen LogP contribution in [0.3, 0.4) is 0 Å². The summed E-state index contributed by atoms with van der Waals surface area (Å²) in [5.41, 5.74) is 1.83. The second-order valence-corrected chi connectivity index (χ2v) is 6.11. The quantitative estimate of drug-likeness (QED) is 0.839. The number of nitrogens with one attached hydrogen (secondary N) is 1. The smallest absolute Gasteiger partial charge is 0.248 e. The molecule has 2 aromatic rings. The zero-order valence-corrected chi connectivity index (χ0v) is 14.9. The number of furan rings is 1. The van der Waals surface area contributed by atoms with Gasteiger partial charge in [-0.1, -0.05) is 6.92 Å². The topological polar surface area (TPSA) is 65.8 Å². The highest BCUT2D eigenvalue weighted by Crippen LogP contribution is 2.20. The van der Waals surface area contributed by atoms with Gasteiger partial charge in [0.15, 0.2) is 0 Å². The number of hydrogen-bond acceptors (Lipinski definition) is 4. The Bertz CT molecular complexity index is 758. The first-order valence-corrected chi connectivity index (χ1v) is 8.81. The summed E-state index contributed by atoms with van der Waals surface area (Å²) in [4.78, 5) is 27.8. The number of piperazine rings is 1. The molecule has 2 heterocycles. The van der Waals surface area contributed by atoms with Gasteiger partial charge in [-0.05, 0) is 42.5 Å². The number of benzene rings is 1. The molecule has 0 saturated carbocycles. The molecule has 1 aliphatic rings. The average Bonchev–Trinajstić information content (AvgIpc) is 3.20. The molecule has 6 nitrogen and oxygen atoms in total. The molecule has 1 aromatic heterocycles. The third-order valence-corrected chi connectivity index (χ3v) is 4.38. The van der Waals surface area contributed by atoms with Gasteiger partial charge in [0.2, 0.25) is 11.8 Å². The monoisotopic (exact) mass is 353 g/mol. The van der Waals surface area contributed by atoms with Crippen LogP contribution in [-0.2, 0) is 9.59 Å². The van der Waals surface area contributed by atoms with Gasteiger partial charge in [0.05, 0.1) is 6.26 Å². The van der Waals surface area contributed by atoms with Crippen molar-refractivity contribution in [2.24, 2.45) is 0 Å². The first-order chi connectivity index (χ1) is 12.7. The Morgan fingerprint density at radius 1 is 1.12 bits per heavy atom. The van der Waals surface area contributed by atoms with Crippen molar-refractivity contribution in [3.8, 4) is 0 Å². The van der Waals surface area contributed by atoms with Gasteiger partial charge < -0.3 is 19.5 Å². The maximum absolute atomic E-state index is 11.9. The lowest BCUT2D eigenvalue weighted by Crippen LogP contribution is -2.48. The summed E-state index contributed by atoms with van der Waals surface area (Å²) >= 11 is 0. The van der Waals surface area contributed by atoms with E-state index in [4.69, 9.17) is 4.42 Å². The first kappa shape index (κ1) is 17.8. The lowest BCUT2D eigenvalue weighted by atomic mass is 10.2. The Labute approximate surface area is 153 Å². The van der Waals surface area contributed by atoms with Crippen molar-refractivity contribution >= 4 is 29.3 Å². The fourth-order valence-electron chi connectivity index (χ4n) is 2.92. The van der Waals surface area contributed by atoms with Crippen LogP contribution in [0.4, 0.5) is 11.4 Å². The molecule has 1 aromatic carbocycles. The number of hydrogen-bond donors (Lipinski definition) is 1. The van der Waals surface area contributed by atoms with Crippen LogP contribution < -0.4 is 10.2 Å². The minimum atomic E-state index is -0.208. The largest absolute Gasteiger partial charge is 0.465 e. The van der Waals surface area contributed by atoms with Crippen LogP contribution in [0.5, 0.6) is 0 Å². The Kier molecular flexibility index (Phi) is 5.73. The Morgan fingerprint density at radius 3 is 2.46 bits per heavy atom. The molecule has 136 valence electrons. The SMILES string of the molecule is CCC(=O)N1CCN(c2ccc(NC(=O)/C=C/c3ccco3)cc2)CC1. The molecule has 6 heteroatoms. The summed E-state index contributed by atoms with van der Waals surface area (Å²) in [7, 11) is 0. The van der Waals surface area contributed by atoms with Crippen molar-refractivity contribution in [1.29, 1.82) is 0 Å². The molecule has 1 saturated heterocycles. The van der Waals surface area contributed by atoms with Gasteiger partial charge in [-0.15, -0.1) is 0 Å². The number of anilines is 2. The highest BCUT2D eigenvalue weighted by atomic mass is 16.3. The molecule has 0 unspecified atom stereocenters. The van der Waals surface area contributed by atoms with Crippen LogP contribution in [0.2, 0.25) is 0 Å². The molecule has 1 N–H and O–H groups in total. The van der Waals surface area contributed by atoms with Crippen molar-refractivity contribution < 1.29 is 14.0 Å². The summed E-state index contributed by atoms with van der Waals surface area (Å²) in [6, 6.07) is 11.3. The predicted octanol–water partition coefficient (Wildman–Crippen LogP) is 2.99. The standard InChI is InChI=1S/C20H23N3O3/c1-2-20(25)23-13-11-22(12-14-23)17-7-5-16(6-8-17)21-19(24)10-9-18-4-3-15-26-18/h3-10,15H,2,11-14H2,1H3,(H,21,24)/b10-9+. The number of carbonyl (C=O) groups is 2. The fourth-order valence-corrected chi connectivity index (χ4v) is 2.92. The summed E-state index contributed by atoms with van der Waals surface area (Å²) in [6.45, 7) is 5.05. The first-order valence-electron chi connectivity index (χ1n) is 8.81. The van der Waals surface area contributed by atoms with Crippen LogP contribution >= 0.6 is 0 Å². The molecule has 0 bridgehead atoms. The maximum Gasteiger partial charge on any atom is 0.248 e. The van der Waals surface area contributed by atoms with Gasteiger partial charge in [-0.3, -0.25) is 9.59 Å². The minimum absolute atomic E-state index is 0.208. The van der Waals surface area contributed by atoms with E-state index in [2.05, 4.69) is 10.2 Å². The van der Waals surface area contributed by atoms with E-state index in [-0.39, 0.29) is 11.8 Å². The molecule has 0 atom stereocenters. The van der Waals surface area contributed by atoms with Gasteiger partial charge in [-0.2, -0.15) is 0 Å². The summed E-state index contributed by atoms with van der Waals surface area (Å²) in [5, 5.41) is 2.83. The van der Waals surface area contributed by atoms with Gasteiger partial charge in [0.1, 0.15) is 5.76 Å². The predicted molar refractivity (Wildman–Crippen MR) is 102 cm³/mol. The molecule has 3 rings (SSSR count). The van der Waals surface area contributed by atoms with E-state index >= 15 is 0 Å². The molecule has 26 heavy (non-hydrogen) atoms. The highest BCUT2D eigenvalue weighted by Gasteiger charge is 2.19. The van der Waals surface area contributed by atoms with Crippen molar-refractivity contribution in [1.82, 2.24) is 4.90 Å². The Hall–Kier alpha value is -3.02.